The highest BCUT2D eigenvalue weighted by Gasteiger charge is 1.99. The SMILES string of the molecule is CCc1ccc(/C=N/N=C/c2ccc(F)c(F)c2)cc1. The molecule has 0 fully saturated rings. The fourth-order valence-electron chi connectivity index (χ4n) is 1.63. The lowest BCUT2D eigenvalue weighted by Crippen LogP contribution is -1.87. The molecule has 0 radical (unpaired) electrons. The number of halogens is 2. The molecule has 20 heavy (non-hydrogen) atoms. The average molecular weight is 272 g/mol. The Hall–Kier alpha value is -2.36. The normalized spacial score (nSPS) is 11.6. The lowest BCUT2D eigenvalue weighted by molar-refractivity contribution is 0.508. The van der Waals surface area contributed by atoms with Crippen LogP contribution in [0, 0.1) is 11.6 Å². The van der Waals surface area contributed by atoms with Crippen molar-refractivity contribution in [2.75, 3.05) is 0 Å². The summed E-state index contributed by atoms with van der Waals surface area (Å²) in [5, 5.41) is 7.68. The zero-order chi connectivity index (χ0) is 14.4. The molecule has 2 nitrogen and oxygen atoms in total. The highest BCUT2D eigenvalue weighted by Crippen LogP contribution is 2.07. The van der Waals surface area contributed by atoms with Gasteiger partial charge in [-0.2, -0.15) is 10.2 Å². The van der Waals surface area contributed by atoms with Crippen LogP contribution >= 0.6 is 0 Å². The van der Waals surface area contributed by atoms with Crippen LogP contribution < -0.4 is 0 Å². The first-order chi connectivity index (χ1) is 9.69. The molecule has 0 saturated carbocycles. The summed E-state index contributed by atoms with van der Waals surface area (Å²) in [6.07, 6.45) is 3.97. The average Bonchev–Trinajstić information content (AvgIpc) is 2.48. The van der Waals surface area contributed by atoms with E-state index in [9.17, 15) is 8.78 Å². The predicted octanol–water partition coefficient (Wildman–Crippen LogP) is 3.98. The van der Waals surface area contributed by atoms with Gasteiger partial charge in [-0.05, 0) is 35.2 Å². The smallest absolute Gasteiger partial charge is 0.159 e. The van der Waals surface area contributed by atoms with E-state index in [1.165, 1.54) is 17.8 Å². The maximum Gasteiger partial charge on any atom is 0.159 e. The van der Waals surface area contributed by atoms with Crippen LogP contribution in [0.4, 0.5) is 8.78 Å². The topological polar surface area (TPSA) is 24.7 Å². The molecule has 2 aromatic carbocycles. The molecule has 0 bridgehead atoms. The van der Waals surface area contributed by atoms with Crippen molar-refractivity contribution in [2.45, 2.75) is 13.3 Å². The van der Waals surface area contributed by atoms with Gasteiger partial charge in [-0.1, -0.05) is 37.3 Å². The molecule has 0 aromatic heterocycles. The quantitative estimate of drug-likeness (QED) is 0.594. The molecule has 0 spiro atoms. The highest BCUT2D eigenvalue weighted by molar-refractivity contribution is 5.82. The third-order valence-electron chi connectivity index (χ3n) is 2.81. The first-order valence-corrected chi connectivity index (χ1v) is 6.29. The predicted molar refractivity (Wildman–Crippen MR) is 77.4 cm³/mol. The molecule has 2 rings (SSSR count). The van der Waals surface area contributed by atoms with Crippen molar-refractivity contribution in [2.24, 2.45) is 10.2 Å². The van der Waals surface area contributed by atoms with Gasteiger partial charge in [-0.3, -0.25) is 0 Å². The zero-order valence-corrected chi connectivity index (χ0v) is 11.1. The largest absolute Gasteiger partial charge is 0.204 e. The third-order valence-corrected chi connectivity index (χ3v) is 2.81. The van der Waals surface area contributed by atoms with Crippen LogP contribution in [0.2, 0.25) is 0 Å². The van der Waals surface area contributed by atoms with Gasteiger partial charge in [0.2, 0.25) is 0 Å². The molecular formula is C16H14F2N2. The van der Waals surface area contributed by atoms with E-state index in [0.29, 0.717) is 5.56 Å². The summed E-state index contributed by atoms with van der Waals surface area (Å²) in [7, 11) is 0. The summed E-state index contributed by atoms with van der Waals surface area (Å²) >= 11 is 0. The van der Waals surface area contributed by atoms with Crippen LogP contribution in [-0.2, 0) is 6.42 Å². The van der Waals surface area contributed by atoms with Gasteiger partial charge in [0.1, 0.15) is 0 Å². The Balaban J connectivity index is 2.01. The molecule has 0 unspecified atom stereocenters. The van der Waals surface area contributed by atoms with Crippen molar-refractivity contribution in [3.8, 4) is 0 Å². The summed E-state index contributed by atoms with van der Waals surface area (Å²) in [4.78, 5) is 0. The van der Waals surface area contributed by atoms with E-state index < -0.39 is 11.6 Å². The molecular weight excluding hydrogens is 258 g/mol. The van der Waals surface area contributed by atoms with Crippen LogP contribution in [0.15, 0.2) is 52.7 Å². The number of hydrogen-bond donors (Lipinski definition) is 0. The molecule has 4 heteroatoms. The molecule has 0 atom stereocenters. The molecule has 0 heterocycles. The Morgan fingerprint density at radius 1 is 0.850 bits per heavy atom. The summed E-state index contributed by atoms with van der Waals surface area (Å²) in [5.74, 6) is -1.77. The van der Waals surface area contributed by atoms with Crippen molar-refractivity contribution < 1.29 is 8.78 Å². The number of rotatable bonds is 4. The van der Waals surface area contributed by atoms with Gasteiger partial charge in [-0.25, -0.2) is 8.78 Å². The molecule has 102 valence electrons. The van der Waals surface area contributed by atoms with Crippen LogP contribution in [0.25, 0.3) is 0 Å². The Morgan fingerprint density at radius 2 is 1.45 bits per heavy atom. The Kier molecular flexibility index (Phi) is 4.71. The Morgan fingerprint density at radius 3 is 2.05 bits per heavy atom. The summed E-state index contributed by atoms with van der Waals surface area (Å²) < 4.78 is 25.7. The van der Waals surface area contributed by atoms with E-state index in [0.717, 1.165) is 24.1 Å². The molecule has 0 saturated heterocycles. The van der Waals surface area contributed by atoms with Crippen molar-refractivity contribution in [3.63, 3.8) is 0 Å². The minimum Gasteiger partial charge on any atom is -0.204 e. The summed E-state index contributed by atoms with van der Waals surface area (Å²) in [5.41, 5.74) is 2.65. The third kappa shape index (κ3) is 3.82. The minimum absolute atomic E-state index is 0.461. The first-order valence-electron chi connectivity index (χ1n) is 6.29. The van der Waals surface area contributed by atoms with Crippen LogP contribution in [0.1, 0.15) is 23.6 Å². The molecule has 0 N–H and O–H groups in total. The molecule has 0 aliphatic carbocycles. The summed E-state index contributed by atoms with van der Waals surface area (Å²) in [6.45, 7) is 2.09. The number of aryl methyl sites for hydroxylation is 1. The van der Waals surface area contributed by atoms with E-state index >= 15 is 0 Å². The number of nitrogens with zero attached hydrogens (tertiary/aromatic N) is 2. The van der Waals surface area contributed by atoms with Gasteiger partial charge in [0.15, 0.2) is 11.6 Å². The van der Waals surface area contributed by atoms with E-state index in [-0.39, 0.29) is 0 Å². The fourth-order valence-corrected chi connectivity index (χ4v) is 1.63. The first kappa shape index (κ1) is 14.1. The van der Waals surface area contributed by atoms with E-state index in [4.69, 9.17) is 0 Å². The summed E-state index contributed by atoms with van der Waals surface area (Å²) in [6, 6.07) is 11.5. The van der Waals surface area contributed by atoms with Crippen molar-refractivity contribution >= 4 is 12.4 Å². The minimum atomic E-state index is -0.895. The van der Waals surface area contributed by atoms with Crippen LogP contribution in [0.3, 0.4) is 0 Å². The Labute approximate surface area is 116 Å². The standard InChI is InChI=1S/C16H14F2N2/c1-2-12-3-5-13(6-4-12)10-19-20-11-14-7-8-15(17)16(18)9-14/h3-11H,2H2,1H3/b19-10+,20-11+. The molecule has 0 aliphatic rings. The monoisotopic (exact) mass is 272 g/mol. The second-order valence-electron chi connectivity index (χ2n) is 4.26. The zero-order valence-electron chi connectivity index (χ0n) is 11.1. The highest BCUT2D eigenvalue weighted by atomic mass is 19.2. The van der Waals surface area contributed by atoms with Gasteiger partial charge < -0.3 is 0 Å². The second-order valence-corrected chi connectivity index (χ2v) is 4.26. The lowest BCUT2D eigenvalue weighted by atomic mass is 10.1. The van der Waals surface area contributed by atoms with E-state index in [2.05, 4.69) is 17.1 Å². The maximum atomic E-state index is 12.9. The number of benzene rings is 2. The van der Waals surface area contributed by atoms with Crippen molar-refractivity contribution in [1.29, 1.82) is 0 Å². The van der Waals surface area contributed by atoms with E-state index in [1.807, 2.05) is 24.3 Å². The molecule has 0 amide bonds. The van der Waals surface area contributed by atoms with Crippen molar-refractivity contribution in [3.05, 3.63) is 70.8 Å². The van der Waals surface area contributed by atoms with Crippen molar-refractivity contribution in [1.82, 2.24) is 0 Å². The van der Waals surface area contributed by atoms with Crippen LogP contribution in [0.5, 0.6) is 0 Å². The van der Waals surface area contributed by atoms with Gasteiger partial charge in [0.25, 0.3) is 0 Å². The van der Waals surface area contributed by atoms with Crippen LogP contribution in [-0.4, -0.2) is 12.4 Å². The fraction of sp³-hybridized carbons (Fsp3) is 0.125. The number of hydrogen-bond acceptors (Lipinski definition) is 2. The molecule has 0 aliphatic heterocycles. The second kappa shape index (κ2) is 6.70. The Bertz CT molecular complexity index is 631. The van der Waals surface area contributed by atoms with E-state index in [1.54, 1.807) is 6.21 Å². The van der Waals surface area contributed by atoms with Gasteiger partial charge in [0, 0.05) is 0 Å². The van der Waals surface area contributed by atoms with Gasteiger partial charge >= 0.3 is 0 Å². The molecule has 2 aromatic rings. The van der Waals surface area contributed by atoms with Gasteiger partial charge in [-0.15, -0.1) is 0 Å². The maximum absolute atomic E-state index is 12.9. The van der Waals surface area contributed by atoms with Gasteiger partial charge in [0.05, 0.1) is 12.4 Å². The lowest BCUT2D eigenvalue weighted by Gasteiger charge is -1.96.